The highest BCUT2D eigenvalue weighted by molar-refractivity contribution is 5.99. The molecule has 0 radical (unpaired) electrons. The normalized spacial score (nSPS) is 11.2. The summed E-state index contributed by atoms with van der Waals surface area (Å²) in [6.07, 6.45) is 0.908. The number of anilines is 1. The molecule has 0 aliphatic rings. The van der Waals surface area contributed by atoms with Crippen LogP contribution in [0.4, 0.5) is 5.82 Å². The van der Waals surface area contributed by atoms with Crippen molar-refractivity contribution in [2.75, 3.05) is 26.0 Å². The summed E-state index contributed by atoms with van der Waals surface area (Å²) >= 11 is 0. The van der Waals surface area contributed by atoms with Crippen molar-refractivity contribution >= 4 is 17.6 Å². The third-order valence-corrected chi connectivity index (χ3v) is 5.40. The van der Waals surface area contributed by atoms with Gasteiger partial charge in [-0.3, -0.25) is 9.59 Å². The number of likely N-dealkylation sites (N-methyl/N-ethyl adjacent to an activating group) is 1. The maximum Gasteiger partial charge on any atom is 0.254 e. The number of ether oxygens (including phenoxy) is 1. The number of carbonyl (C=O) groups excluding carboxylic acids is 2. The molecule has 0 aliphatic carbocycles. The monoisotopic (exact) mass is 448 g/mol. The van der Waals surface area contributed by atoms with E-state index < -0.39 is 0 Å². The van der Waals surface area contributed by atoms with Gasteiger partial charge in [0.1, 0.15) is 11.6 Å². The minimum absolute atomic E-state index is 0.0764. The van der Waals surface area contributed by atoms with E-state index in [9.17, 15) is 9.59 Å². The first-order valence-electron chi connectivity index (χ1n) is 11.0. The highest BCUT2D eigenvalue weighted by atomic mass is 16.5. The molecule has 2 aromatic carbocycles. The number of hydrogen-bond donors (Lipinski definition) is 1. The summed E-state index contributed by atoms with van der Waals surface area (Å²) in [6, 6.07) is 16.8. The summed E-state index contributed by atoms with van der Waals surface area (Å²) in [4.78, 5) is 27.0. The van der Waals surface area contributed by atoms with Gasteiger partial charge < -0.3 is 15.0 Å². The predicted octanol–water partition coefficient (Wildman–Crippen LogP) is 4.45. The molecular formula is C26H32N4O3. The maximum absolute atomic E-state index is 12.8. The van der Waals surface area contributed by atoms with E-state index in [0.29, 0.717) is 11.4 Å². The maximum atomic E-state index is 12.8. The van der Waals surface area contributed by atoms with Crippen LogP contribution in [0.25, 0.3) is 5.69 Å². The zero-order valence-electron chi connectivity index (χ0n) is 20.2. The molecule has 7 nitrogen and oxygen atoms in total. The Kier molecular flexibility index (Phi) is 7.21. The number of benzene rings is 2. The molecule has 0 saturated carbocycles. The molecule has 0 unspecified atom stereocenters. The number of amides is 2. The van der Waals surface area contributed by atoms with Crippen molar-refractivity contribution in [1.82, 2.24) is 14.7 Å². The minimum atomic E-state index is -0.300. The van der Waals surface area contributed by atoms with Crippen LogP contribution in [0.2, 0.25) is 0 Å². The van der Waals surface area contributed by atoms with E-state index >= 15 is 0 Å². The predicted molar refractivity (Wildman–Crippen MR) is 130 cm³/mol. The summed E-state index contributed by atoms with van der Waals surface area (Å²) in [7, 11) is 3.24. The molecule has 2 amide bonds. The van der Waals surface area contributed by atoms with Crippen LogP contribution < -0.4 is 10.1 Å². The largest absolute Gasteiger partial charge is 0.497 e. The van der Waals surface area contributed by atoms with Gasteiger partial charge in [0.05, 0.1) is 25.0 Å². The Hall–Kier alpha value is -3.61. The molecule has 0 aliphatic heterocycles. The van der Waals surface area contributed by atoms with E-state index in [2.05, 4.69) is 33.0 Å². The van der Waals surface area contributed by atoms with Gasteiger partial charge in [0.25, 0.3) is 5.91 Å². The number of carbonyl (C=O) groups is 2. The summed E-state index contributed by atoms with van der Waals surface area (Å²) < 4.78 is 6.94. The van der Waals surface area contributed by atoms with Crippen molar-refractivity contribution in [3.63, 3.8) is 0 Å². The Bertz CT molecular complexity index is 1110. The quantitative estimate of drug-likeness (QED) is 0.579. The van der Waals surface area contributed by atoms with Gasteiger partial charge in [0, 0.05) is 24.1 Å². The molecule has 0 fully saturated rings. The van der Waals surface area contributed by atoms with Crippen molar-refractivity contribution in [1.29, 1.82) is 0 Å². The second-order valence-electron chi connectivity index (χ2n) is 9.03. The van der Waals surface area contributed by atoms with Gasteiger partial charge in [0.2, 0.25) is 5.91 Å². The van der Waals surface area contributed by atoms with Crippen LogP contribution in [0.3, 0.4) is 0 Å². The molecule has 1 aromatic heterocycles. The van der Waals surface area contributed by atoms with Crippen molar-refractivity contribution in [2.45, 2.75) is 39.5 Å². The lowest BCUT2D eigenvalue weighted by atomic mass is 9.92. The van der Waals surface area contributed by atoms with Gasteiger partial charge in [-0.05, 0) is 48.4 Å². The zero-order chi connectivity index (χ0) is 24.2. The van der Waals surface area contributed by atoms with Gasteiger partial charge in [0.15, 0.2) is 0 Å². The molecule has 3 aromatic rings. The lowest BCUT2D eigenvalue weighted by Gasteiger charge is -2.17. The molecule has 33 heavy (non-hydrogen) atoms. The van der Waals surface area contributed by atoms with Crippen LogP contribution >= 0.6 is 0 Å². The van der Waals surface area contributed by atoms with Crippen molar-refractivity contribution < 1.29 is 14.3 Å². The van der Waals surface area contributed by atoms with E-state index in [-0.39, 0.29) is 23.8 Å². The summed E-state index contributed by atoms with van der Waals surface area (Å²) in [5.74, 6) is 0.779. The molecule has 0 bridgehead atoms. The van der Waals surface area contributed by atoms with Gasteiger partial charge in [-0.1, -0.05) is 39.8 Å². The lowest BCUT2D eigenvalue weighted by Crippen LogP contribution is -2.35. The molecule has 1 N–H and O–H groups in total. The van der Waals surface area contributed by atoms with E-state index in [0.717, 1.165) is 29.1 Å². The van der Waals surface area contributed by atoms with E-state index in [1.54, 1.807) is 31.0 Å². The number of methoxy groups -OCH3 is 1. The Labute approximate surface area is 195 Å². The molecule has 1 heterocycles. The Morgan fingerprint density at radius 3 is 2.24 bits per heavy atom. The molecule has 3 rings (SSSR count). The average molecular weight is 449 g/mol. The fraction of sp³-hybridized carbons (Fsp3) is 0.346. The van der Waals surface area contributed by atoms with Crippen LogP contribution in [0.5, 0.6) is 5.75 Å². The van der Waals surface area contributed by atoms with E-state index in [1.807, 2.05) is 42.5 Å². The summed E-state index contributed by atoms with van der Waals surface area (Å²) in [5, 5.41) is 7.64. The minimum Gasteiger partial charge on any atom is -0.497 e. The van der Waals surface area contributed by atoms with Crippen molar-refractivity contribution in [3.05, 3.63) is 71.4 Å². The van der Waals surface area contributed by atoms with Crippen molar-refractivity contribution in [3.8, 4) is 11.4 Å². The van der Waals surface area contributed by atoms with Crippen LogP contribution in [0, 0.1) is 0 Å². The first-order chi connectivity index (χ1) is 15.6. The number of nitrogens with one attached hydrogen (secondary N) is 1. The highest BCUT2D eigenvalue weighted by Gasteiger charge is 2.22. The standard InChI is InChI=1S/C26H32N4O3/c1-7-18-8-10-19(11-9-18)25(32)29(5)17-24(31)27-23-16-22(26(2,3)4)28-30(23)20-12-14-21(33-6)15-13-20/h8-16H,7,17H2,1-6H3,(H,27,31). The first-order valence-corrected chi connectivity index (χ1v) is 11.0. The number of aryl methyl sites for hydroxylation is 1. The smallest absolute Gasteiger partial charge is 0.254 e. The second kappa shape index (κ2) is 9.90. The lowest BCUT2D eigenvalue weighted by molar-refractivity contribution is -0.116. The molecule has 0 atom stereocenters. The molecular weight excluding hydrogens is 416 g/mol. The Morgan fingerprint density at radius 1 is 1.06 bits per heavy atom. The third kappa shape index (κ3) is 5.80. The summed E-state index contributed by atoms with van der Waals surface area (Å²) in [5.41, 5.74) is 3.15. The van der Waals surface area contributed by atoms with Crippen LogP contribution in [0.15, 0.2) is 54.6 Å². The Morgan fingerprint density at radius 2 is 1.70 bits per heavy atom. The Balaban J connectivity index is 1.78. The van der Waals surface area contributed by atoms with Gasteiger partial charge in [-0.15, -0.1) is 0 Å². The first kappa shape index (κ1) is 24.0. The van der Waals surface area contributed by atoms with Crippen LogP contribution in [-0.4, -0.2) is 47.2 Å². The van der Waals surface area contributed by atoms with Gasteiger partial charge in [-0.25, -0.2) is 4.68 Å². The summed E-state index contributed by atoms with van der Waals surface area (Å²) in [6.45, 7) is 8.18. The zero-order valence-corrected chi connectivity index (χ0v) is 20.2. The number of aromatic nitrogens is 2. The second-order valence-corrected chi connectivity index (χ2v) is 9.03. The number of nitrogens with zero attached hydrogens (tertiary/aromatic N) is 3. The molecule has 174 valence electrons. The SMILES string of the molecule is CCc1ccc(C(=O)N(C)CC(=O)Nc2cc(C(C)(C)C)nn2-c2ccc(OC)cc2)cc1. The molecule has 0 saturated heterocycles. The molecule has 7 heteroatoms. The van der Waals surface area contributed by atoms with Gasteiger partial charge >= 0.3 is 0 Å². The number of hydrogen-bond acceptors (Lipinski definition) is 4. The fourth-order valence-corrected chi connectivity index (χ4v) is 3.33. The van der Waals surface area contributed by atoms with Crippen LogP contribution in [-0.2, 0) is 16.6 Å². The topological polar surface area (TPSA) is 76.5 Å². The average Bonchev–Trinajstić information content (AvgIpc) is 3.22. The van der Waals surface area contributed by atoms with Gasteiger partial charge in [-0.2, -0.15) is 5.10 Å². The molecule has 0 spiro atoms. The van der Waals surface area contributed by atoms with Crippen molar-refractivity contribution in [2.24, 2.45) is 0 Å². The van der Waals surface area contributed by atoms with E-state index in [4.69, 9.17) is 9.84 Å². The number of rotatable bonds is 7. The highest BCUT2D eigenvalue weighted by Crippen LogP contribution is 2.27. The third-order valence-electron chi connectivity index (χ3n) is 5.40. The fourth-order valence-electron chi connectivity index (χ4n) is 3.33. The van der Waals surface area contributed by atoms with E-state index in [1.165, 1.54) is 4.90 Å². The van der Waals surface area contributed by atoms with Crippen LogP contribution in [0.1, 0.15) is 49.3 Å².